The van der Waals surface area contributed by atoms with Crippen LogP contribution in [0.2, 0.25) is 10.0 Å². The molecule has 0 bridgehead atoms. The van der Waals surface area contributed by atoms with Crippen molar-refractivity contribution in [3.05, 3.63) is 51.8 Å². The molecule has 0 spiro atoms. The Morgan fingerprint density at radius 2 is 2.12 bits per heavy atom. The highest BCUT2D eigenvalue weighted by Crippen LogP contribution is 2.20. The lowest BCUT2D eigenvalue weighted by Crippen LogP contribution is -2.12. The second kappa shape index (κ2) is 5.54. The minimum atomic E-state index is 0.658. The van der Waals surface area contributed by atoms with Crippen LogP contribution in [0.25, 0.3) is 0 Å². The van der Waals surface area contributed by atoms with Gasteiger partial charge in [0.25, 0.3) is 0 Å². The van der Waals surface area contributed by atoms with Crippen molar-refractivity contribution in [2.45, 2.75) is 13.1 Å². The molecular formula is C12H13Cl2N3. The summed E-state index contributed by atoms with van der Waals surface area (Å²) >= 11 is 11.9. The van der Waals surface area contributed by atoms with E-state index in [2.05, 4.69) is 10.4 Å². The van der Waals surface area contributed by atoms with E-state index in [4.69, 9.17) is 23.2 Å². The van der Waals surface area contributed by atoms with Crippen LogP contribution in [0.5, 0.6) is 0 Å². The lowest BCUT2D eigenvalue weighted by Gasteiger charge is -2.05. The summed E-state index contributed by atoms with van der Waals surface area (Å²) in [5.41, 5.74) is 2.19. The largest absolute Gasteiger partial charge is 0.308 e. The fourth-order valence-electron chi connectivity index (χ4n) is 1.57. The van der Waals surface area contributed by atoms with Gasteiger partial charge in [0.1, 0.15) is 0 Å². The molecule has 1 aromatic carbocycles. The minimum Gasteiger partial charge on any atom is -0.308 e. The topological polar surface area (TPSA) is 29.9 Å². The monoisotopic (exact) mass is 269 g/mol. The maximum absolute atomic E-state index is 6.07. The second-order valence-corrected chi connectivity index (χ2v) is 4.71. The molecule has 0 amide bonds. The maximum Gasteiger partial charge on any atom is 0.0534 e. The highest BCUT2D eigenvalue weighted by molar-refractivity contribution is 6.35. The third kappa shape index (κ3) is 3.46. The van der Waals surface area contributed by atoms with Crippen LogP contribution in [0.4, 0.5) is 0 Å². The number of halogens is 2. The molecule has 0 aliphatic carbocycles. The van der Waals surface area contributed by atoms with E-state index in [9.17, 15) is 0 Å². The summed E-state index contributed by atoms with van der Waals surface area (Å²) in [6.45, 7) is 1.48. The highest BCUT2D eigenvalue weighted by Gasteiger charge is 2.01. The molecule has 0 unspecified atom stereocenters. The van der Waals surface area contributed by atoms with Gasteiger partial charge in [0.05, 0.1) is 6.20 Å². The molecule has 0 radical (unpaired) electrons. The molecule has 0 atom stereocenters. The van der Waals surface area contributed by atoms with Gasteiger partial charge in [-0.05, 0) is 17.7 Å². The number of benzene rings is 1. The molecule has 0 saturated carbocycles. The number of nitrogens with one attached hydrogen (secondary N) is 1. The molecule has 0 saturated heterocycles. The molecule has 5 heteroatoms. The standard InChI is InChI=1S/C12H13Cl2N3/c1-17-8-9(6-16-17)5-15-7-10-2-3-11(13)4-12(10)14/h2-4,6,8,15H,5,7H2,1H3. The normalized spacial score (nSPS) is 10.8. The van der Waals surface area contributed by atoms with Crippen molar-refractivity contribution in [1.29, 1.82) is 0 Å². The van der Waals surface area contributed by atoms with E-state index < -0.39 is 0 Å². The summed E-state index contributed by atoms with van der Waals surface area (Å²) < 4.78 is 1.78. The van der Waals surface area contributed by atoms with E-state index in [0.717, 1.165) is 17.7 Å². The molecule has 2 rings (SSSR count). The summed E-state index contributed by atoms with van der Waals surface area (Å²) in [6, 6.07) is 5.53. The molecule has 3 nitrogen and oxygen atoms in total. The molecule has 17 heavy (non-hydrogen) atoms. The predicted octanol–water partition coefficient (Wildman–Crippen LogP) is 3.02. The van der Waals surface area contributed by atoms with Gasteiger partial charge in [-0.2, -0.15) is 5.10 Å². The minimum absolute atomic E-state index is 0.658. The fraction of sp³-hybridized carbons (Fsp3) is 0.250. The van der Waals surface area contributed by atoms with E-state index in [0.29, 0.717) is 16.6 Å². The van der Waals surface area contributed by atoms with Crippen LogP contribution in [0.1, 0.15) is 11.1 Å². The Labute approximate surface area is 110 Å². The zero-order valence-corrected chi connectivity index (χ0v) is 11.0. The average Bonchev–Trinajstić information content (AvgIpc) is 2.68. The highest BCUT2D eigenvalue weighted by atomic mass is 35.5. The quantitative estimate of drug-likeness (QED) is 0.925. The number of aromatic nitrogens is 2. The van der Waals surface area contributed by atoms with Gasteiger partial charge in [0.2, 0.25) is 0 Å². The van der Waals surface area contributed by atoms with Crippen molar-refractivity contribution in [1.82, 2.24) is 15.1 Å². The average molecular weight is 270 g/mol. The van der Waals surface area contributed by atoms with Crippen molar-refractivity contribution in [2.75, 3.05) is 0 Å². The van der Waals surface area contributed by atoms with Gasteiger partial charge in [0.15, 0.2) is 0 Å². The van der Waals surface area contributed by atoms with Crippen LogP contribution in [0.15, 0.2) is 30.6 Å². The Kier molecular flexibility index (Phi) is 4.05. The third-order valence-electron chi connectivity index (χ3n) is 2.42. The SMILES string of the molecule is Cn1cc(CNCc2ccc(Cl)cc2Cl)cn1. The van der Waals surface area contributed by atoms with E-state index in [1.807, 2.05) is 31.6 Å². The van der Waals surface area contributed by atoms with Gasteiger partial charge in [-0.25, -0.2) is 0 Å². The second-order valence-electron chi connectivity index (χ2n) is 3.86. The number of hydrogen-bond donors (Lipinski definition) is 1. The predicted molar refractivity (Wildman–Crippen MR) is 70.2 cm³/mol. The number of nitrogens with zero attached hydrogens (tertiary/aromatic N) is 2. The number of rotatable bonds is 4. The van der Waals surface area contributed by atoms with Gasteiger partial charge < -0.3 is 5.32 Å². The van der Waals surface area contributed by atoms with E-state index in [1.54, 1.807) is 10.7 Å². The first-order chi connectivity index (χ1) is 8.15. The first-order valence-corrected chi connectivity index (χ1v) is 6.03. The molecule has 2 aromatic rings. The lowest BCUT2D eigenvalue weighted by atomic mass is 10.2. The Morgan fingerprint density at radius 3 is 2.76 bits per heavy atom. The summed E-state index contributed by atoms with van der Waals surface area (Å²) in [6.07, 6.45) is 3.83. The Bertz CT molecular complexity index is 508. The smallest absolute Gasteiger partial charge is 0.0534 e. The first kappa shape index (κ1) is 12.4. The Balaban J connectivity index is 1.90. The van der Waals surface area contributed by atoms with Crippen LogP contribution < -0.4 is 5.32 Å². The van der Waals surface area contributed by atoms with Gasteiger partial charge in [0, 0.05) is 41.9 Å². The molecule has 0 aliphatic rings. The number of aryl methyl sites for hydroxylation is 1. The molecule has 90 valence electrons. The molecule has 1 N–H and O–H groups in total. The molecule has 0 aliphatic heterocycles. The first-order valence-electron chi connectivity index (χ1n) is 5.27. The van der Waals surface area contributed by atoms with E-state index in [-0.39, 0.29) is 0 Å². The van der Waals surface area contributed by atoms with Crippen molar-refractivity contribution < 1.29 is 0 Å². The van der Waals surface area contributed by atoms with Crippen LogP contribution in [0.3, 0.4) is 0 Å². The van der Waals surface area contributed by atoms with Gasteiger partial charge in [-0.1, -0.05) is 29.3 Å². The maximum atomic E-state index is 6.07. The molecular weight excluding hydrogens is 257 g/mol. The van der Waals surface area contributed by atoms with Gasteiger partial charge in [-0.3, -0.25) is 4.68 Å². The van der Waals surface area contributed by atoms with Crippen LogP contribution >= 0.6 is 23.2 Å². The van der Waals surface area contributed by atoms with Crippen LogP contribution in [-0.2, 0) is 20.1 Å². The summed E-state index contributed by atoms with van der Waals surface area (Å²) in [5, 5.41) is 8.76. The van der Waals surface area contributed by atoms with E-state index >= 15 is 0 Å². The Hall–Kier alpha value is -1.03. The van der Waals surface area contributed by atoms with Crippen molar-refractivity contribution in [3.63, 3.8) is 0 Å². The fourth-order valence-corrected chi connectivity index (χ4v) is 2.05. The van der Waals surface area contributed by atoms with Gasteiger partial charge >= 0.3 is 0 Å². The van der Waals surface area contributed by atoms with Crippen molar-refractivity contribution in [2.24, 2.45) is 7.05 Å². The van der Waals surface area contributed by atoms with Crippen molar-refractivity contribution in [3.8, 4) is 0 Å². The summed E-state index contributed by atoms with van der Waals surface area (Å²) in [4.78, 5) is 0. The van der Waals surface area contributed by atoms with Crippen LogP contribution in [-0.4, -0.2) is 9.78 Å². The molecule has 1 aromatic heterocycles. The summed E-state index contributed by atoms with van der Waals surface area (Å²) in [5.74, 6) is 0. The molecule has 1 heterocycles. The molecule has 0 fully saturated rings. The Morgan fingerprint density at radius 1 is 1.29 bits per heavy atom. The number of hydrogen-bond acceptors (Lipinski definition) is 2. The van der Waals surface area contributed by atoms with E-state index in [1.165, 1.54) is 0 Å². The van der Waals surface area contributed by atoms with Crippen LogP contribution in [0, 0.1) is 0 Å². The van der Waals surface area contributed by atoms with Crippen molar-refractivity contribution >= 4 is 23.2 Å². The zero-order valence-electron chi connectivity index (χ0n) is 9.45. The third-order valence-corrected chi connectivity index (χ3v) is 3.00. The zero-order chi connectivity index (χ0) is 12.3. The van der Waals surface area contributed by atoms with Gasteiger partial charge in [-0.15, -0.1) is 0 Å². The lowest BCUT2D eigenvalue weighted by molar-refractivity contribution is 0.692. The summed E-state index contributed by atoms with van der Waals surface area (Å²) in [7, 11) is 1.90.